The molecule has 3 heterocycles. The van der Waals surface area contributed by atoms with Crippen LogP contribution in [0.5, 0.6) is 5.75 Å². The van der Waals surface area contributed by atoms with Crippen LogP contribution in [-0.2, 0) is 22.4 Å². The van der Waals surface area contributed by atoms with Crippen molar-refractivity contribution < 1.29 is 14.3 Å². The van der Waals surface area contributed by atoms with Crippen LogP contribution in [0, 0.1) is 5.92 Å². The molecule has 5 heteroatoms. The Morgan fingerprint density at radius 2 is 2.04 bits per heavy atom. The van der Waals surface area contributed by atoms with Crippen LogP contribution in [-0.4, -0.2) is 67.7 Å². The fourth-order valence-corrected chi connectivity index (χ4v) is 4.42. The average molecular weight is 344 g/mol. The van der Waals surface area contributed by atoms with Crippen LogP contribution in [0.25, 0.3) is 0 Å². The number of carbonyl (C=O) groups excluding carboxylic acids is 1. The minimum atomic E-state index is 0.257. The molecule has 3 aliphatic heterocycles. The molecule has 2 atom stereocenters. The zero-order valence-electron chi connectivity index (χ0n) is 15.1. The quantitative estimate of drug-likeness (QED) is 0.834. The highest BCUT2D eigenvalue weighted by molar-refractivity contribution is 5.79. The van der Waals surface area contributed by atoms with Gasteiger partial charge in [0.25, 0.3) is 0 Å². The van der Waals surface area contributed by atoms with Gasteiger partial charge < -0.3 is 14.4 Å². The number of likely N-dealkylation sites (tertiary alicyclic amines) is 1. The Bertz CT molecular complexity index is 627. The molecule has 1 aromatic carbocycles. The summed E-state index contributed by atoms with van der Waals surface area (Å²) in [6.45, 7) is 8.39. The maximum Gasteiger partial charge on any atom is 0.227 e. The van der Waals surface area contributed by atoms with Crippen LogP contribution < -0.4 is 4.74 Å². The van der Waals surface area contributed by atoms with Crippen molar-refractivity contribution in [2.45, 2.75) is 32.2 Å². The highest BCUT2D eigenvalue weighted by Crippen LogP contribution is 2.28. The molecule has 0 N–H and O–H groups in total. The average Bonchev–Trinajstić information content (AvgIpc) is 3.28. The number of rotatable bonds is 4. The van der Waals surface area contributed by atoms with Crippen LogP contribution in [0.15, 0.2) is 18.2 Å². The molecule has 2 saturated heterocycles. The molecule has 0 saturated carbocycles. The highest BCUT2D eigenvalue weighted by atomic mass is 16.5. The Kier molecular flexibility index (Phi) is 4.95. The van der Waals surface area contributed by atoms with Gasteiger partial charge in [0, 0.05) is 38.6 Å². The van der Waals surface area contributed by atoms with Crippen LogP contribution in [0.4, 0.5) is 0 Å². The van der Waals surface area contributed by atoms with Gasteiger partial charge in [0.2, 0.25) is 5.91 Å². The van der Waals surface area contributed by atoms with Crippen molar-refractivity contribution in [3.63, 3.8) is 0 Å². The van der Waals surface area contributed by atoms with E-state index in [-0.39, 0.29) is 5.91 Å². The second-order valence-corrected chi connectivity index (χ2v) is 7.40. The largest absolute Gasteiger partial charge is 0.493 e. The van der Waals surface area contributed by atoms with Gasteiger partial charge in [-0.05, 0) is 23.1 Å². The molecule has 3 aliphatic rings. The van der Waals surface area contributed by atoms with Gasteiger partial charge in [-0.25, -0.2) is 0 Å². The monoisotopic (exact) mass is 344 g/mol. The number of hydrogen-bond donors (Lipinski definition) is 0. The number of amides is 1. The molecule has 0 bridgehead atoms. The van der Waals surface area contributed by atoms with Crippen molar-refractivity contribution in [2.75, 3.05) is 46.0 Å². The summed E-state index contributed by atoms with van der Waals surface area (Å²) in [7, 11) is 0. The summed E-state index contributed by atoms with van der Waals surface area (Å²) in [6.07, 6.45) is 2.58. The van der Waals surface area contributed by atoms with Gasteiger partial charge in [0.15, 0.2) is 0 Å². The van der Waals surface area contributed by atoms with Crippen molar-refractivity contribution in [1.29, 1.82) is 0 Å². The van der Waals surface area contributed by atoms with Gasteiger partial charge >= 0.3 is 0 Å². The van der Waals surface area contributed by atoms with Crippen LogP contribution in [0.3, 0.4) is 0 Å². The molecule has 1 amide bonds. The number of fused-ring (bicyclic) bond motifs is 1. The molecule has 0 spiro atoms. The van der Waals surface area contributed by atoms with E-state index < -0.39 is 0 Å². The molecular weight excluding hydrogens is 316 g/mol. The lowest BCUT2D eigenvalue weighted by atomic mass is 9.99. The molecule has 0 radical (unpaired) electrons. The van der Waals surface area contributed by atoms with E-state index in [4.69, 9.17) is 9.47 Å². The summed E-state index contributed by atoms with van der Waals surface area (Å²) in [5, 5.41) is 0. The number of benzene rings is 1. The lowest BCUT2D eigenvalue weighted by Gasteiger charge is -2.34. The number of nitrogens with zero attached hydrogens (tertiary/aromatic N) is 2. The third kappa shape index (κ3) is 3.53. The Morgan fingerprint density at radius 1 is 1.20 bits per heavy atom. The summed E-state index contributed by atoms with van der Waals surface area (Å²) in [5.41, 5.74) is 2.35. The van der Waals surface area contributed by atoms with Gasteiger partial charge in [-0.3, -0.25) is 9.69 Å². The minimum Gasteiger partial charge on any atom is -0.493 e. The van der Waals surface area contributed by atoms with E-state index in [1.165, 1.54) is 5.56 Å². The van der Waals surface area contributed by atoms with E-state index in [0.29, 0.717) is 18.4 Å². The van der Waals surface area contributed by atoms with Crippen molar-refractivity contribution in [1.82, 2.24) is 9.80 Å². The molecule has 0 aromatic heterocycles. The summed E-state index contributed by atoms with van der Waals surface area (Å²) >= 11 is 0. The van der Waals surface area contributed by atoms with E-state index in [0.717, 1.165) is 70.2 Å². The zero-order chi connectivity index (χ0) is 17.2. The van der Waals surface area contributed by atoms with Crippen molar-refractivity contribution >= 4 is 5.91 Å². The first-order valence-corrected chi connectivity index (χ1v) is 9.58. The molecule has 5 nitrogen and oxygen atoms in total. The summed E-state index contributed by atoms with van der Waals surface area (Å²) < 4.78 is 11.0. The van der Waals surface area contributed by atoms with Gasteiger partial charge in [-0.1, -0.05) is 25.5 Å². The summed E-state index contributed by atoms with van der Waals surface area (Å²) in [6, 6.07) is 6.69. The number of morpholine rings is 1. The Balaban J connectivity index is 1.40. The van der Waals surface area contributed by atoms with Gasteiger partial charge in [-0.2, -0.15) is 0 Å². The maximum absolute atomic E-state index is 12.9. The van der Waals surface area contributed by atoms with Crippen molar-refractivity contribution in [3.05, 3.63) is 29.3 Å². The Labute approximate surface area is 149 Å². The molecule has 2 fully saturated rings. The Hall–Kier alpha value is -1.59. The standard InChI is InChI=1S/C20H28N2O3/c1-2-16-13-22(14-18(16)21-6-9-24-10-7-21)20(23)12-15-3-4-19-17(11-15)5-8-25-19/h3-4,11,16,18H,2,5-10,12-14H2,1H3. The van der Waals surface area contributed by atoms with Crippen LogP contribution >= 0.6 is 0 Å². The molecule has 2 unspecified atom stereocenters. The molecule has 0 aliphatic carbocycles. The van der Waals surface area contributed by atoms with Gasteiger partial charge in [0.05, 0.1) is 26.2 Å². The second kappa shape index (κ2) is 7.34. The number of hydrogen-bond acceptors (Lipinski definition) is 4. The normalized spacial score (nSPS) is 26.5. The van der Waals surface area contributed by atoms with Gasteiger partial charge in [-0.15, -0.1) is 0 Å². The van der Waals surface area contributed by atoms with Crippen LogP contribution in [0.1, 0.15) is 24.5 Å². The van der Waals surface area contributed by atoms with E-state index in [1.54, 1.807) is 0 Å². The first kappa shape index (κ1) is 16.9. The van der Waals surface area contributed by atoms with E-state index in [1.807, 2.05) is 12.1 Å². The summed E-state index contributed by atoms with van der Waals surface area (Å²) in [4.78, 5) is 17.5. The van der Waals surface area contributed by atoms with E-state index in [9.17, 15) is 4.79 Å². The lowest BCUT2D eigenvalue weighted by Crippen LogP contribution is -2.47. The molecule has 4 rings (SSSR count). The molecule has 136 valence electrons. The van der Waals surface area contributed by atoms with E-state index >= 15 is 0 Å². The fourth-order valence-electron chi connectivity index (χ4n) is 4.42. The second-order valence-electron chi connectivity index (χ2n) is 7.40. The molecule has 1 aromatic rings. The maximum atomic E-state index is 12.9. The SMILES string of the molecule is CCC1CN(C(=O)Cc2ccc3c(c2)CCO3)CC1N1CCOCC1. The predicted molar refractivity (Wildman–Crippen MR) is 95.9 cm³/mol. The topological polar surface area (TPSA) is 42.0 Å². The number of ether oxygens (including phenoxy) is 2. The zero-order valence-corrected chi connectivity index (χ0v) is 15.1. The predicted octanol–water partition coefficient (Wildman–Crippen LogP) is 1.73. The third-order valence-electron chi connectivity index (χ3n) is 5.91. The lowest BCUT2D eigenvalue weighted by molar-refractivity contribution is -0.129. The highest BCUT2D eigenvalue weighted by Gasteiger charge is 2.37. The van der Waals surface area contributed by atoms with E-state index in [2.05, 4.69) is 22.8 Å². The third-order valence-corrected chi connectivity index (χ3v) is 5.91. The molecule has 25 heavy (non-hydrogen) atoms. The fraction of sp³-hybridized carbons (Fsp3) is 0.650. The van der Waals surface area contributed by atoms with Crippen LogP contribution in [0.2, 0.25) is 0 Å². The first-order valence-electron chi connectivity index (χ1n) is 9.58. The summed E-state index contributed by atoms with van der Waals surface area (Å²) in [5.74, 6) is 1.82. The number of carbonyl (C=O) groups is 1. The van der Waals surface area contributed by atoms with Gasteiger partial charge in [0.1, 0.15) is 5.75 Å². The van der Waals surface area contributed by atoms with Crippen molar-refractivity contribution in [2.24, 2.45) is 5.92 Å². The van der Waals surface area contributed by atoms with Crippen molar-refractivity contribution in [3.8, 4) is 5.75 Å². The smallest absolute Gasteiger partial charge is 0.227 e. The Morgan fingerprint density at radius 3 is 2.84 bits per heavy atom. The molecular formula is C20H28N2O3. The minimum absolute atomic E-state index is 0.257. The first-order chi connectivity index (χ1) is 12.2.